The predicted octanol–water partition coefficient (Wildman–Crippen LogP) is 4.32. The molecule has 0 aromatic heterocycles. The fourth-order valence-electron chi connectivity index (χ4n) is 11.1. The molecule has 0 saturated carbocycles. The number of rotatable bonds is 20. The first-order valence-corrected chi connectivity index (χ1v) is 21.0. The monoisotopic (exact) mass is 896 g/mol. The van der Waals surface area contributed by atoms with Crippen LogP contribution < -0.4 is 10.6 Å². The third-order valence-electron chi connectivity index (χ3n) is 14.5. The summed E-state index contributed by atoms with van der Waals surface area (Å²) in [6.45, 7) is 8.07. The van der Waals surface area contributed by atoms with E-state index in [0.717, 1.165) is 0 Å². The van der Waals surface area contributed by atoms with Crippen molar-refractivity contribution in [2.24, 2.45) is 38.1 Å². The zero-order valence-corrected chi connectivity index (χ0v) is 36.3. The van der Waals surface area contributed by atoms with Crippen molar-refractivity contribution in [1.29, 1.82) is 0 Å². The first-order chi connectivity index (χ1) is 29.6. The molecule has 20 heteroatoms. The number of aliphatic imine (C=N–C) groups is 2. The highest BCUT2D eigenvalue weighted by Gasteiger charge is 2.66. The molecule has 8 bridgehead atoms. The van der Waals surface area contributed by atoms with Crippen LogP contribution >= 0.6 is 0 Å². The van der Waals surface area contributed by atoms with Gasteiger partial charge in [0.2, 0.25) is 0 Å². The molecular weight excluding hydrogens is 840 g/mol. The number of nitrogens with zero attached hydrogens (tertiary/aromatic N) is 2. The molecule has 64 heavy (non-hydrogen) atoms. The molecule has 0 spiro atoms. The maximum Gasteiger partial charge on any atom is 0.307 e. The zero-order valence-electron chi connectivity index (χ0n) is 36.3. The molecule has 0 aromatic rings. The Bertz CT molecular complexity index is 2270. The molecule has 8 atom stereocenters. The van der Waals surface area contributed by atoms with Gasteiger partial charge in [0.15, 0.2) is 0 Å². The molecule has 0 unspecified atom stereocenters. The summed E-state index contributed by atoms with van der Waals surface area (Å²) in [6, 6.07) is -1.12. The Labute approximate surface area is 367 Å². The van der Waals surface area contributed by atoms with Crippen LogP contribution in [0.15, 0.2) is 55.9 Å². The minimum atomic E-state index is -1.64. The Kier molecular flexibility index (Phi) is 13.4. The van der Waals surface area contributed by atoms with Gasteiger partial charge in [0.1, 0.15) is 0 Å². The van der Waals surface area contributed by atoms with Gasteiger partial charge in [-0.25, -0.2) is 0 Å². The second kappa shape index (κ2) is 17.7. The molecule has 0 radical (unpaired) electrons. The average Bonchev–Trinajstić information content (AvgIpc) is 3.72. The summed E-state index contributed by atoms with van der Waals surface area (Å²) >= 11 is 0. The summed E-state index contributed by atoms with van der Waals surface area (Å²) in [6.07, 6.45) is -2.16. The fourth-order valence-corrected chi connectivity index (χ4v) is 11.1. The molecule has 20 nitrogen and oxygen atoms in total. The van der Waals surface area contributed by atoms with Crippen LogP contribution in [-0.2, 0) is 38.4 Å². The Morgan fingerprint density at radius 1 is 0.656 bits per heavy atom. The number of fused-ring (bicyclic) bond motifs is 7. The number of nitrogens with one attached hydrogen (secondary N) is 2. The van der Waals surface area contributed by atoms with Gasteiger partial charge in [-0.2, -0.15) is 0 Å². The number of carboxylic acids is 8. The smallest absolute Gasteiger partial charge is 0.307 e. The van der Waals surface area contributed by atoms with Crippen molar-refractivity contribution in [3.63, 3.8) is 0 Å². The van der Waals surface area contributed by atoms with E-state index in [0.29, 0.717) is 11.3 Å². The van der Waals surface area contributed by atoms with Crippen molar-refractivity contribution in [2.75, 3.05) is 0 Å². The number of hydrogen-bond donors (Lipinski definition) is 10. The molecule has 5 heterocycles. The van der Waals surface area contributed by atoms with Crippen molar-refractivity contribution >= 4 is 59.2 Å². The van der Waals surface area contributed by atoms with E-state index in [1.807, 2.05) is 0 Å². The number of carboxylic acid groups (broad SMARTS) is 8. The molecule has 0 amide bonds. The summed E-state index contributed by atoms with van der Waals surface area (Å²) < 4.78 is 0. The lowest BCUT2D eigenvalue weighted by atomic mass is 9.56. The summed E-state index contributed by atoms with van der Waals surface area (Å²) in [5, 5.41) is 88.2. The first kappa shape index (κ1) is 48.7. The fraction of sp³-hybridized carbons (Fsp3) is 0.591. The first-order valence-electron chi connectivity index (χ1n) is 21.0. The van der Waals surface area contributed by atoms with Crippen LogP contribution in [0.2, 0.25) is 0 Å². The molecule has 5 aliphatic heterocycles. The third kappa shape index (κ3) is 9.17. The lowest BCUT2D eigenvalue weighted by molar-refractivity contribution is -0.144. The van der Waals surface area contributed by atoms with Crippen molar-refractivity contribution in [2.45, 2.75) is 135 Å². The quantitative estimate of drug-likeness (QED) is 0.0813. The lowest BCUT2D eigenvalue weighted by Crippen LogP contribution is -2.58. The Hall–Kier alpha value is -6.34. The number of allylic oxidation sites excluding steroid dienone is 5. The molecule has 0 aromatic carbocycles. The highest BCUT2D eigenvalue weighted by Crippen LogP contribution is 2.61. The molecule has 5 rings (SSSR count). The van der Waals surface area contributed by atoms with Gasteiger partial charge in [-0.05, 0) is 75.3 Å². The minimum Gasteiger partial charge on any atom is -0.481 e. The predicted molar refractivity (Wildman–Crippen MR) is 224 cm³/mol. The van der Waals surface area contributed by atoms with Crippen LogP contribution in [0.1, 0.15) is 118 Å². The zero-order chi connectivity index (χ0) is 47.9. The molecular formula is C44H56N4O16. The van der Waals surface area contributed by atoms with Gasteiger partial charge in [0.05, 0.1) is 48.5 Å². The van der Waals surface area contributed by atoms with Gasteiger partial charge < -0.3 is 51.5 Å². The summed E-state index contributed by atoms with van der Waals surface area (Å²) in [5.41, 5.74) is -5.78. The summed E-state index contributed by atoms with van der Waals surface area (Å²) in [4.78, 5) is 110. The second-order valence-electron chi connectivity index (χ2n) is 18.7. The van der Waals surface area contributed by atoms with E-state index >= 15 is 0 Å². The molecule has 1 fully saturated rings. The van der Waals surface area contributed by atoms with Crippen LogP contribution in [0.3, 0.4) is 0 Å². The molecule has 10 N–H and O–H groups in total. The molecule has 348 valence electrons. The van der Waals surface area contributed by atoms with E-state index < -0.39 is 144 Å². The molecule has 5 aliphatic rings. The Morgan fingerprint density at radius 3 is 1.80 bits per heavy atom. The standard InChI is InChI=1S/C44H56N4O16/c1-40(13-12-34(55)56)25(15-36(59)60)39-44(5)42(3,20-38(63)64)23(8-11-33(53)54)27(48-44)17-30-41(2,19-37(61)62)22(7-10-32(51)52)28(45-30)18-43(4)24(14-35(57)58)21(6-9-31(49)50)26(47-43)16-29(40)46-39/h16-17,23,25,39,45-46H,6-15,18-20H2,1-5H3,(H,49,50)(H,51,52)(H,53,54)(H,55,56)(H,57,58)(H,59,60)(H,61,62)(H,63,64)/t23-,25+,39-,40-,41+,42+,43+,44+/m1/s1. The van der Waals surface area contributed by atoms with Crippen LogP contribution in [0.25, 0.3) is 0 Å². The maximum absolute atomic E-state index is 13.0. The average molecular weight is 897 g/mol. The SMILES string of the molecule is C[C@@]1(CC(=O)O)C2=CC3=N[C@@](C)([C@@H]4NC(=CC5=N[C@@](C)(CC(=C1CCC(=O)O)N2)C(CC(=O)O)=C5CCC(=O)O)[C@](C)(CCC(=O)O)[C@H]4CC(=O)O)[C@@](C)(CC(=O)O)[C@@H]3CCC(=O)O. The highest BCUT2D eigenvalue weighted by molar-refractivity contribution is 6.12. The van der Waals surface area contributed by atoms with Gasteiger partial charge in [-0.3, -0.25) is 48.3 Å². The Morgan fingerprint density at radius 2 is 1.25 bits per heavy atom. The summed E-state index contributed by atoms with van der Waals surface area (Å²) in [7, 11) is 0. The van der Waals surface area contributed by atoms with E-state index in [4.69, 9.17) is 9.98 Å². The Balaban J connectivity index is 1.99. The van der Waals surface area contributed by atoms with E-state index in [9.17, 15) is 79.2 Å². The van der Waals surface area contributed by atoms with Crippen molar-refractivity contribution in [1.82, 2.24) is 10.6 Å². The number of aliphatic carboxylic acids is 8. The lowest BCUT2D eigenvalue weighted by Gasteiger charge is -2.48. The van der Waals surface area contributed by atoms with Gasteiger partial charge in [0, 0.05) is 83.0 Å². The van der Waals surface area contributed by atoms with Gasteiger partial charge >= 0.3 is 47.8 Å². The largest absolute Gasteiger partial charge is 0.481 e. The van der Waals surface area contributed by atoms with E-state index in [1.165, 1.54) is 12.2 Å². The van der Waals surface area contributed by atoms with E-state index in [-0.39, 0.29) is 66.1 Å². The van der Waals surface area contributed by atoms with Crippen molar-refractivity contribution < 1.29 is 79.2 Å². The molecule has 0 aliphatic carbocycles. The van der Waals surface area contributed by atoms with Gasteiger partial charge in [-0.15, -0.1) is 0 Å². The molecule has 1 saturated heterocycles. The maximum atomic E-state index is 13.0. The topological polar surface area (TPSA) is 347 Å². The van der Waals surface area contributed by atoms with Crippen molar-refractivity contribution in [3.8, 4) is 0 Å². The van der Waals surface area contributed by atoms with Gasteiger partial charge in [0.25, 0.3) is 0 Å². The van der Waals surface area contributed by atoms with Crippen LogP contribution in [0.5, 0.6) is 0 Å². The third-order valence-corrected chi connectivity index (χ3v) is 14.5. The second-order valence-corrected chi connectivity index (χ2v) is 18.7. The van der Waals surface area contributed by atoms with Crippen LogP contribution in [0, 0.1) is 28.1 Å². The van der Waals surface area contributed by atoms with Crippen molar-refractivity contribution in [3.05, 3.63) is 46.0 Å². The summed E-state index contributed by atoms with van der Waals surface area (Å²) in [5.74, 6) is -12.0. The number of hydrogen-bond acceptors (Lipinski definition) is 12. The van der Waals surface area contributed by atoms with Crippen LogP contribution in [0.4, 0.5) is 0 Å². The normalized spacial score (nSPS) is 31.7. The van der Waals surface area contributed by atoms with Crippen LogP contribution in [-0.4, -0.2) is 117 Å². The van der Waals surface area contributed by atoms with E-state index in [2.05, 4.69) is 10.6 Å². The van der Waals surface area contributed by atoms with Gasteiger partial charge in [-0.1, -0.05) is 13.8 Å². The number of carbonyl (C=O) groups is 8. The minimum absolute atomic E-state index is 0.108. The van der Waals surface area contributed by atoms with E-state index in [1.54, 1.807) is 34.6 Å². The highest BCUT2D eigenvalue weighted by atomic mass is 16.4.